The van der Waals surface area contributed by atoms with Crippen molar-refractivity contribution in [2.24, 2.45) is 0 Å². The summed E-state index contributed by atoms with van der Waals surface area (Å²) in [6.45, 7) is 6.06. The first-order chi connectivity index (χ1) is 12.5. The van der Waals surface area contributed by atoms with Crippen LogP contribution in [0.25, 0.3) is 21.3 Å². The second-order valence-electron chi connectivity index (χ2n) is 6.63. The standard InChI is InChI=1S/C20H23N3O2S/c1-4-5-14(3)22-17(24)10-23-12-21-19-18(20(23)25)16(11-26-19)15-8-6-13(2)7-9-15/h6-9,11-12,14H,4-5,10H2,1-3H3,(H,22,24)/t14-/m1/s1. The second-order valence-corrected chi connectivity index (χ2v) is 7.49. The average Bonchev–Trinajstić information content (AvgIpc) is 3.03. The molecule has 3 rings (SSSR count). The van der Waals surface area contributed by atoms with E-state index in [2.05, 4.69) is 17.2 Å². The number of amides is 1. The molecule has 1 aromatic carbocycles. The summed E-state index contributed by atoms with van der Waals surface area (Å²) >= 11 is 1.45. The summed E-state index contributed by atoms with van der Waals surface area (Å²) in [6, 6.07) is 8.16. The van der Waals surface area contributed by atoms with Gasteiger partial charge < -0.3 is 5.32 Å². The van der Waals surface area contributed by atoms with Crippen molar-refractivity contribution in [2.75, 3.05) is 0 Å². The minimum absolute atomic E-state index is 0.0149. The van der Waals surface area contributed by atoms with E-state index in [1.807, 2.05) is 43.5 Å². The van der Waals surface area contributed by atoms with E-state index in [9.17, 15) is 9.59 Å². The van der Waals surface area contributed by atoms with Gasteiger partial charge in [-0.05, 0) is 25.8 Å². The monoisotopic (exact) mass is 369 g/mol. The Morgan fingerprint density at radius 2 is 2.04 bits per heavy atom. The van der Waals surface area contributed by atoms with E-state index in [1.54, 1.807) is 0 Å². The highest BCUT2D eigenvalue weighted by Gasteiger charge is 2.15. The molecule has 1 N–H and O–H groups in total. The zero-order chi connectivity index (χ0) is 18.7. The maximum Gasteiger partial charge on any atom is 0.263 e. The first-order valence-corrected chi connectivity index (χ1v) is 9.70. The van der Waals surface area contributed by atoms with Crippen molar-refractivity contribution in [3.05, 3.63) is 51.9 Å². The number of carbonyl (C=O) groups excluding carboxylic acids is 1. The van der Waals surface area contributed by atoms with Crippen LogP contribution in [0.4, 0.5) is 0 Å². The van der Waals surface area contributed by atoms with Gasteiger partial charge in [-0.25, -0.2) is 4.98 Å². The number of fused-ring (bicyclic) bond motifs is 1. The van der Waals surface area contributed by atoms with Crippen LogP contribution in [0.2, 0.25) is 0 Å². The van der Waals surface area contributed by atoms with Crippen molar-refractivity contribution in [3.63, 3.8) is 0 Å². The molecule has 0 spiro atoms. The quantitative estimate of drug-likeness (QED) is 0.720. The lowest BCUT2D eigenvalue weighted by molar-refractivity contribution is -0.122. The zero-order valence-corrected chi connectivity index (χ0v) is 16.1. The van der Waals surface area contributed by atoms with E-state index in [0.29, 0.717) is 10.2 Å². The number of hydrogen-bond donors (Lipinski definition) is 1. The third-order valence-corrected chi connectivity index (χ3v) is 5.25. The molecule has 1 atom stereocenters. The van der Waals surface area contributed by atoms with Gasteiger partial charge in [-0.15, -0.1) is 11.3 Å². The van der Waals surface area contributed by atoms with Gasteiger partial charge >= 0.3 is 0 Å². The first kappa shape index (κ1) is 18.3. The summed E-state index contributed by atoms with van der Waals surface area (Å²) in [5, 5.41) is 5.46. The van der Waals surface area contributed by atoms with Gasteiger partial charge in [-0.1, -0.05) is 43.2 Å². The molecular weight excluding hydrogens is 346 g/mol. The molecule has 3 aromatic rings. The highest BCUT2D eigenvalue weighted by molar-refractivity contribution is 7.17. The fraction of sp³-hybridized carbons (Fsp3) is 0.350. The predicted molar refractivity (Wildman–Crippen MR) is 107 cm³/mol. The van der Waals surface area contributed by atoms with Crippen molar-refractivity contribution in [2.45, 2.75) is 46.2 Å². The van der Waals surface area contributed by atoms with E-state index in [-0.39, 0.29) is 24.1 Å². The number of aromatic nitrogens is 2. The van der Waals surface area contributed by atoms with E-state index in [4.69, 9.17) is 0 Å². The number of benzene rings is 1. The zero-order valence-electron chi connectivity index (χ0n) is 15.3. The SMILES string of the molecule is CCC[C@@H](C)NC(=O)Cn1cnc2scc(-c3ccc(C)cc3)c2c1=O. The molecule has 136 valence electrons. The third kappa shape index (κ3) is 3.85. The molecule has 0 aliphatic heterocycles. The van der Waals surface area contributed by atoms with Crippen molar-refractivity contribution in [1.29, 1.82) is 0 Å². The molecule has 1 amide bonds. The Kier molecular flexibility index (Phi) is 5.52. The molecule has 0 fully saturated rings. The van der Waals surface area contributed by atoms with Crippen molar-refractivity contribution >= 4 is 27.5 Å². The molecule has 5 nitrogen and oxygen atoms in total. The minimum Gasteiger partial charge on any atom is -0.352 e. The Balaban J connectivity index is 1.93. The molecule has 0 bridgehead atoms. The Morgan fingerprint density at radius 3 is 2.73 bits per heavy atom. The van der Waals surface area contributed by atoms with Crippen molar-refractivity contribution in [3.8, 4) is 11.1 Å². The van der Waals surface area contributed by atoms with Gasteiger partial charge in [0.05, 0.1) is 11.7 Å². The fourth-order valence-electron chi connectivity index (χ4n) is 3.01. The molecule has 0 aliphatic carbocycles. The molecule has 0 aliphatic rings. The smallest absolute Gasteiger partial charge is 0.263 e. The van der Waals surface area contributed by atoms with Crippen LogP contribution < -0.4 is 10.9 Å². The van der Waals surface area contributed by atoms with Crippen LogP contribution in [0.3, 0.4) is 0 Å². The molecule has 6 heteroatoms. The maximum atomic E-state index is 12.9. The Morgan fingerprint density at radius 1 is 1.31 bits per heavy atom. The summed E-state index contributed by atoms with van der Waals surface area (Å²) in [6.07, 6.45) is 3.38. The number of nitrogens with zero attached hydrogens (tertiary/aromatic N) is 2. The molecule has 0 saturated carbocycles. The van der Waals surface area contributed by atoms with Crippen LogP contribution in [0.15, 0.2) is 40.8 Å². The first-order valence-electron chi connectivity index (χ1n) is 8.82. The van der Waals surface area contributed by atoms with Gasteiger partial charge in [-0.3, -0.25) is 14.2 Å². The van der Waals surface area contributed by atoms with Crippen molar-refractivity contribution < 1.29 is 4.79 Å². The fourth-order valence-corrected chi connectivity index (χ4v) is 3.91. The number of carbonyl (C=O) groups is 1. The minimum atomic E-state index is -0.176. The van der Waals surface area contributed by atoms with Gasteiger partial charge in [0.1, 0.15) is 11.4 Å². The number of thiophene rings is 1. The lowest BCUT2D eigenvalue weighted by Gasteiger charge is -2.13. The van der Waals surface area contributed by atoms with Gasteiger partial charge in [0.25, 0.3) is 5.56 Å². The summed E-state index contributed by atoms with van der Waals surface area (Å²) in [5.41, 5.74) is 2.85. The second kappa shape index (κ2) is 7.83. The Hall–Kier alpha value is -2.47. The predicted octanol–water partition coefficient (Wildman–Crippen LogP) is 3.74. The number of aryl methyl sites for hydroxylation is 1. The molecule has 26 heavy (non-hydrogen) atoms. The molecular formula is C20H23N3O2S. The number of hydrogen-bond acceptors (Lipinski definition) is 4. The van der Waals surface area contributed by atoms with E-state index < -0.39 is 0 Å². The van der Waals surface area contributed by atoms with Gasteiger partial charge in [-0.2, -0.15) is 0 Å². The van der Waals surface area contributed by atoms with Gasteiger partial charge in [0, 0.05) is 17.0 Å². The number of rotatable bonds is 6. The Labute approximate surface area is 156 Å². The largest absolute Gasteiger partial charge is 0.352 e. The highest BCUT2D eigenvalue weighted by atomic mass is 32.1. The summed E-state index contributed by atoms with van der Waals surface area (Å²) < 4.78 is 1.39. The summed E-state index contributed by atoms with van der Waals surface area (Å²) in [7, 11) is 0. The van der Waals surface area contributed by atoms with Crippen molar-refractivity contribution in [1.82, 2.24) is 14.9 Å². The number of nitrogens with one attached hydrogen (secondary N) is 1. The van der Waals surface area contributed by atoms with E-state index in [1.165, 1.54) is 27.8 Å². The topological polar surface area (TPSA) is 64.0 Å². The van der Waals surface area contributed by atoms with Gasteiger partial charge in [0.15, 0.2) is 0 Å². The van der Waals surface area contributed by atoms with Gasteiger partial charge in [0.2, 0.25) is 5.91 Å². The molecule has 0 radical (unpaired) electrons. The van der Waals surface area contributed by atoms with Crippen LogP contribution in [0.5, 0.6) is 0 Å². The summed E-state index contributed by atoms with van der Waals surface area (Å²) in [5.74, 6) is -0.165. The normalized spacial score (nSPS) is 12.3. The summed E-state index contributed by atoms with van der Waals surface area (Å²) in [4.78, 5) is 30.2. The van der Waals surface area contributed by atoms with Crippen LogP contribution >= 0.6 is 11.3 Å². The van der Waals surface area contributed by atoms with E-state index in [0.717, 1.165) is 24.0 Å². The lowest BCUT2D eigenvalue weighted by Crippen LogP contribution is -2.37. The molecule has 0 saturated heterocycles. The van der Waals surface area contributed by atoms with Crippen LogP contribution in [-0.2, 0) is 11.3 Å². The maximum absolute atomic E-state index is 12.9. The van der Waals surface area contributed by atoms with E-state index >= 15 is 0 Å². The molecule has 0 unspecified atom stereocenters. The van der Waals surface area contributed by atoms with Crippen LogP contribution in [0.1, 0.15) is 32.3 Å². The Bertz CT molecular complexity index is 973. The lowest BCUT2D eigenvalue weighted by atomic mass is 10.1. The third-order valence-electron chi connectivity index (χ3n) is 4.37. The van der Waals surface area contributed by atoms with Crippen LogP contribution in [-0.4, -0.2) is 21.5 Å². The van der Waals surface area contributed by atoms with Crippen LogP contribution in [0, 0.1) is 6.92 Å². The average molecular weight is 369 g/mol. The highest BCUT2D eigenvalue weighted by Crippen LogP contribution is 2.30. The molecule has 2 aromatic heterocycles. The molecule has 2 heterocycles.